The maximum Gasteiger partial charge on any atom is 0.243 e. The summed E-state index contributed by atoms with van der Waals surface area (Å²) in [4.78, 5) is 18.7. The molecule has 0 radical (unpaired) electrons. The number of amides is 1. The minimum atomic E-state index is -0.733. The molecule has 0 atom stereocenters. The van der Waals surface area contributed by atoms with Gasteiger partial charge in [0.2, 0.25) is 5.91 Å². The fourth-order valence-corrected chi connectivity index (χ4v) is 3.57. The largest absolute Gasteiger partial charge is 0.381 e. The van der Waals surface area contributed by atoms with E-state index >= 15 is 0 Å². The Bertz CT molecular complexity index is 552. The van der Waals surface area contributed by atoms with Crippen molar-refractivity contribution in [1.82, 2.24) is 9.88 Å². The van der Waals surface area contributed by atoms with Gasteiger partial charge in [0.15, 0.2) is 0 Å². The van der Waals surface area contributed by atoms with Crippen molar-refractivity contribution in [2.45, 2.75) is 44.6 Å². The van der Waals surface area contributed by atoms with Crippen molar-refractivity contribution in [3.05, 3.63) is 24.5 Å². The summed E-state index contributed by atoms with van der Waals surface area (Å²) in [7, 11) is 0. The van der Waals surface area contributed by atoms with Crippen molar-refractivity contribution in [2.75, 3.05) is 18.4 Å². The third-order valence-corrected chi connectivity index (χ3v) is 4.90. The maximum atomic E-state index is 12.7. The second kappa shape index (κ2) is 6.35. The molecule has 5 heteroatoms. The van der Waals surface area contributed by atoms with Gasteiger partial charge < -0.3 is 10.2 Å². The summed E-state index contributed by atoms with van der Waals surface area (Å²) in [6.45, 7) is 1.47. The summed E-state index contributed by atoms with van der Waals surface area (Å²) >= 11 is 0. The van der Waals surface area contributed by atoms with E-state index in [0.717, 1.165) is 57.3 Å². The topological polar surface area (TPSA) is 69.0 Å². The highest BCUT2D eigenvalue weighted by atomic mass is 16.2. The lowest BCUT2D eigenvalue weighted by atomic mass is 9.85. The Hall–Kier alpha value is -2.09. The fourth-order valence-electron chi connectivity index (χ4n) is 3.57. The normalized spacial score (nSPS) is 21.3. The van der Waals surface area contributed by atoms with Crippen LogP contribution in [0.1, 0.15) is 38.5 Å². The van der Waals surface area contributed by atoms with Crippen molar-refractivity contribution in [2.24, 2.45) is 5.41 Å². The zero-order chi connectivity index (χ0) is 15.4. The number of pyridine rings is 1. The summed E-state index contributed by atoms with van der Waals surface area (Å²) in [5.74, 6) is 0.0623. The molecule has 1 saturated carbocycles. The molecule has 0 spiro atoms. The highest BCUT2D eigenvalue weighted by molar-refractivity contribution is 5.86. The summed E-state index contributed by atoms with van der Waals surface area (Å²) < 4.78 is 0. The summed E-state index contributed by atoms with van der Waals surface area (Å²) in [6, 6.07) is 6.60. The number of rotatable bonds is 3. The molecular weight excluding hydrogens is 276 g/mol. The van der Waals surface area contributed by atoms with E-state index in [1.165, 1.54) is 0 Å². The number of aromatic nitrogens is 1. The van der Waals surface area contributed by atoms with E-state index in [1.54, 1.807) is 6.20 Å². The molecule has 2 aliphatic rings. The van der Waals surface area contributed by atoms with Crippen LogP contribution in [0.25, 0.3) is 0 Å². The smallest absolute Gasteiger partial charge is 0.243 e. The van der Waals surface area contributed by atoms with Crippen LogP contribution in [0.3, 0.4) is 0 Å². The molecule has 3 rings (SSSR count). The molecule has 2 heterocycles. The molecule has 1 aliphatic carbocycles. The highest BCUT2D eigenvalue weighted by Gasteiger charge is 2.44. The molecule has 5 nitrogen and oxygen atoms in total. The van der Waals surface area contributed by atoms with Crippen LogP contribution in [-0.4, -0.2) is 34.9 Å². The summed E-state index contributed by atoms with van der Waals surface area (Å²) in [5.41, 5.74) is 0.292. The van der Waals surface area contributed by atoms with Crippen LogP contribution >= 0.6 is 0 Å². The van der Waals surface area contributed by atoms with Crippen LogP contribution in [0.15, 0.2) is 24.5 Å². The first-order valence-electron chi connectivity index (χ1n) is 8.11. The van der Waals surface area contributed by atoms with E-state index in [2.05, 4.69) is 16.4 Å². The van der Waals surface area contributed by atoms with Gasteiger partial charge in [-0.3, -0.25) is 9.78 Å². The van der Waals surface area contributed by atoms with E-state index in [1.807, 2.05) is 23.2 Å². The molecule has 1 aromatic heterocycles. The Morgan fingerprint density at radius 3 is 2.68 bits per heavy atom. The van der Waals surface area contributed by atoms with Gasteiger partial charge in [0.1, 0.15) is 5.41 Å². The second-order valence-corrected chi connectivity index (χ2v) is 6.35. The Balaban J connectivity index is 1.55. The monoisotopic (exact) mass is 298 g/mol. The third kappa shape index (κ3) is 2.92. The molecule has 0 bridgehead atoms. The number of nitrogens with one attached hydrogen (secondary N) is 1. The van der Waals surface area contributed by atoms with Crippen LogP contribution in [0.2, 0.25) is 0 Å². The van der Waals surface area contributed by atoms with Crippen molar-refractivity contribution in [1.29, 1.82) is 5.26 Å². The average Bonchev–Trinajstić information content (AvgIpc) is 3.06. The summed E-state index contributed by atoms with van der Waals surface area (Å²) in [6.07, 6.45) is 8.88. The highest BCUT2D eigenvalue weighted by Crippen LogP contribution is 2.39. The Labute approximate surface area is 131 Å². The number of piperidine rings is 1. The van der Waals surface area contributed by atoms with E-state index in [9.17, 15) is 10.1 Å². The predicted molar refractivity (Wildman–Crippen MR) is 84.0 cm³/mol. The molecule has 0 unspecified atom stereocenters. The molecule has 116 valence electrons. The van der Waals surface area contributed by atoms with Gasteiger partial charge in [0.25, 0.3) is 0 Å². The lowest BCUT2D eigenvalue weighted by Gasteiger charge is -2.36. The SMILES string of the molecule is N#CC1(C(=O)N2CCC(Nc3cccnc3)CC2)CCCC1. The van der Waals surface area contributed by atoms with Crippen molar-refractivity contribution >= 4 is 11.6 Å². The molecule has 1 aromatic rings. The minimum absolute atomic E-state index is 0.0623. The lowest BCUT2D eigenvalue weighted by molar-refractivity contribution is -0.139. The molecule has 22 heavy (non-hydrogen) atoms. The molecular formula is C17H22N4O. The number of anilines is 1. The zero-order valence-electron chi connectivity index (χ0n) is 12.8. The molecule has 1 aliphatic heterocycles. The number of hydrogen-bond donors (Lipinski definition) is 1. The van der Waals surface area contributed by atoms with E-state index in [0.29, 0.717) is 6.04 Å². The van der Waals surface area contributed by atoms with Crippen LogP contribution in [-0.2, 0) is 4.79 Å². The molecule has 1 saturated heterocycles. The van der Waals surface area contributed by atoms with Gasteiger partial charge in [-0.25, -0.2) is 0 Å². The Morgan fingerprint density at radius 1 is 1.36 bits per heavy atom. The fraction of sp³-hybridized carbons (Fsp3) is 0.588. The van der Waals surface area contributed by atoms with Crippen LogP contribution in [0.4, 0.5) is 5.69 Å². The number of likely N-dealkylation sites (tertiary alicyclic amines) is 1. The Morgan fingerprint density at radius 2 is 2.09 bits per heavy atom. The van der Waals surface area contributed by atoms with Crippen molar-refractivity contribution in [3.8, 4) is 6.07 Å². The van der Waals surface area contributed by atoms with Crippen LogP contribution in [0, 0.1) is 16.7 Å². The van der Waals surface area contributed by atoms with Gasteiger partial charge in [0.05, 0.1) is 11.8 Å². The first kappa shape index (κ1) is 14.8. The molecule has 0 aromatic carbocycles. The van der Waals surface area contributed by atoms with Gasteiger partial charge in [-0.05, 0) is 37.8 Å². The second-order valence-electron chi connectivity index (χ2n) is 6.35. The lowest BCUT2D eigenvalue weighted by Crippen LogP contribution is -2.48. The van der Waals surface area contributed by atoms with Gasteiger partial charge in [-0.15, -0.1) is 0 Å². The molecule has 1 amide bonds. The quantitative estimate of drug-likeness (QED) is 0.931. The third-order valence-electron chi connectivity index (χ3n) is 4.90. The first-order valence-corrected chi connectivity index (χ1v) is 8.11. The number of carbonyl (C=O) groups is 1. The first-order chi connectivity index (χ1) is 10.7. The minimum Gasteiger partial charge on any atom is -0.381 e. The number of nitrogens with zero attached hydrogens (tertiary/aromatic N) is 3. The average molecular weight is 298 g/mol. The maximum absolute atomic E-state index is 12.7. The van der Waals surface area contributed by atoms with Crippen molar-refractivity contribution < 1.29 is 4.79 Å². The van der Waals surface area contributed by atoms with Crippen LogP contribution < -0.4 is 5.32 Å². The number of carbonyl (C=O) groups excluding carboxylic acids is 1. The van der Waals surface area contributed by atoms with Gasteiger partial charge in [-0.1, -0.05) is 12.8 Å². The van der Waals surface area contributed by atoms with E-state index in [-0.39, 0.29) is 5.91 Å². The summed E-state index contributed by atoms with van der Waals surface area (Å²) in [5, 5.41) is 12.9. The van der Waals surface area contributed by atoms with E-state index < -0.39 is 5.41 Å². The standard InChI is InChI=1S/C17H22N4O/c18-13-17(7-1-2-8-17)16(22)21-10-5-14(6-11-21)20-15-4-3-9-19-12-15/h3-4,9,12,14,20H,1-2,5-8,10-11H2. The van der Waals surface area contributed by atoms with E-state index in [4.69, 9.17) is 0 Å². The number of hydrogen-bond acceptors (Lipinski definition) is 4. The molecule has 2 fully saturated rings. The van der Waals surface area contributed by atoms with Crippen molar-refractivity contribution in [3.63, 3.8) is 0 Å². The van der Waals surface area contributed by atoms with Gasteiger partial charge >= 0.3 is 0 Å². The van der Waals surface area contributed by atoms with Gasteiger partial charge in [-0.2, -0.15) is 5.26 Å². The molecule has 1 N–H and O–H groups in total. The number of nitriles is 1. The predicted octanol–water partition coefficient (Wildman–Crippen LogP) is 2.57. The zero-order valence-corrected chi connectivity index (χ0v) is 12.8. The Kier molecular flexibility index (Phi) is 4.28. The van der Waals surface area contributed by atoms with Crippen LogP contribution in [0.5, 0.6) is 0 Å². The van der Waals surface area contributed by atoms with Gasteiger partial charge in [0, 0.05) is 31.5 Å².